The molecule has 0 fully saturated rings. The van der Waals surface area contributed by atoms with Gasteiger partial charge in [-0.3, -0.25) is 0 Å². The molecule has 188 valence electrons. The summed E-state index contributed by atoms with van der Waals surface area (Å²) in [4.78, 5) is 25.0. The zero-order valence-electron chi connectivity index (χ0n) is 20.0. The lowest BCUT2D eigenvalue weighted by Crippen LogP contribution is -2.41. The molecular formula is C28H26N4O4S. The zero-order valence-corrected chi connectivity index (χ0v) is 20.8. The lowest BCUT2D eigenvalue weighted by Gasteiger charge is -2.20. The summed E-state index contributed by atoms with van der Waals surface area (Å²) in [7, 11) is -4.23. The van der Waals surface area contributed by atoms with E-state index in [1.807, 2.05) is 79.7 Å². The highest BCUT2D eigenvalue weighted by molar-refractivity contribution is 7.90. The van der Waals surface area contributed by atoms with Crippen molar-refractivity contribution >= 4 is 33.5 Å². The van der Waals surface area contributed by atoms with E-state index in [-0.39, 0.29) is 10.6 Å². The predicted molar refractivity (Wildman–Crippen MR) is 144 cm³/mol. The maximum atomic E-state index is 13.0. The number of aryl methyl sites for hydroxylation is 1. The molecule has 0 saturated heterocycles. The second-order valence-electron chi connectivity index (χ2n) is 8.31. The number of carbonyl (C=O) groups is 2. The number of carbonyl (C=O) groups excluding carboxylic acids is 2. The number of rotatable bonds is 7. The lowest BCUT2D eigenvalue weighted by molar-refractivity contribution is 0.243. The van der Waals surface area contributed by atoms with Gasteiger partial charge >= 0.3 is 12.1 Å². The number of anilines is 2. The van der Waals surface area contributed by atoms with E-state index in [1.165, 1.54) is 18.2 Å². The molecule has 4 aromatic carbocycles. The second kappa shape index (κ2) is 11.4. The minimum Gasteiger partial charge on any atom is -0.326 e. The van der Waals surface area contributed by atoms with Crippen LogP contribution in [0.4, 0.5) is 21.0 Å². The molecule has 0 aromatic heterocycles. The van der Waals surface area contributed by atoms with Crippen molar-refractivity contribution in [2.45, 2.75) is 17.9 Å². The van der Waals surface area contributed by atoms with Crippen LogP contribution in [0, 0.1) is 6.92 Å². The van der Waals surface area contributed by atoms with Crippen LogP contribution in [-0.4, -0.2) is 20.5 Å². The normalized spacial score (nSPS) is 11.0. The molecule has 4 aromatic rings. The first kappa shape index (κ1) is 25.5. The zero-order chi connectivity index (χ0) is 26.3. The highest BCUT2D eigenvalue weighted by atomic mass is 32.2. The van der Waals surface area contributed by atoms with Gasteiger partial charge in [0.15, 0.2) is 0 Å². The van der Waals surface area contributed by atoms with Gasteiger partial charge in [-0.2, -0.15) is 0 Å². The van der Waals surface area contributed by atoms with E-state index in [0.717, 1.165) is 16.7 Å². The molecule has 8 nitrogen and oxygen atoms in total. The van der Waals surface area contributed by atoms with Crippen molar-refractivity contribution in [2.24, 2.45) is 0 Å². The van der Waals surface area contributed by atoms with Crippen molar-refractivity contribution in [2.75, 3.05) is 10.6 Å². The largest absolute Gasteiger partial charge is 0.329 e. The smallest absolute Gasteiger partial charge is 0.326 e. The first-order chi connectivity index (χ1) is 17.8. The molecule has 0 radical (unpaired) electrons. The van der Waals surface area contributed by atoms with Gasteiger partial charge in [0.25, 0.3) is 10.0 Å². The van der Waals surface area contributed by atoms with Crippen LogP contribution >= 0.6 is 0 Å². The second-order valence-corrected chi connectivity index (χ2v) is 9.99. The number of hydrogen-bond donors (Lipinski definition) is 4. The Balaban J connectivity index is 1.45. The quantitative estimate of drug-likeness (QED) is 0.264. The van der Waals surface area contributed by atoms with Gasteiger partial charge in [0.2, 0.25) is 0 Å². The Morgan fingerprint density at radius 1 is 0.649 bits per heavy atom. The Hall–Kier alpha value is -4.63. The Bertz CT molecular complexity index is 1440. The number of nitrogens with one attached hydrogen (secondary N) is 4. The minimum absolute atomic E-state index is 0.174. The standard InChI is InChI=1S/C28H26N4O4S/c1-20-15-17-23(18-16-20)29-27(33)30-24-13-8-14-25(19-24)37(35,36)32-28(34)31-26(21-9-4-2-5-10-21)22-11-6-3-7-12-22/h2-19,26H,1H3,(H2,29,30,33)(H2,31,32,34). The third-order valence-electron chi connectivity index (χ3n) is 5.48. The monoisotopic (exact) mass is 514 g/mol. The van der Waals surface area contributed by atoms with Gasteiger partial charge in [-0.1, -0.05) is 84.4 Å². The molecular weight excluding hydrogens is 488 g/mol. The number of sulfonamides is 1. The van der Waals surface area contributed by atoms with Crippen molar-refractivity contribution in [1.29, 1.82) is 0 Å². The fourth-order valence-electron chi connectivity index (χ4n) is 3.66. The molecule has 37 heavy (non-hydrogen) atoms. The van der Waals surface area contributed by atoms with Crippen LogP contribution in [0.5, 0.6) is 0 Å². The fourth-order valence-corrected chi connectivity index (χ4v) is 4.62. The SMILES string of the molecule is Cc1ccc(NC(=O)Nc2cccc(S(=O)(=O)NC(=O)NC(c3ccccc3)c3ccccc3)c2)cc1. The van der Waals surface area contributed by atoms with Gasteiger partial charge in [-0.05, 0) is 48.4 Å². The van der Waals surface area contributed by atoms with Crippen molar-refractivity contribution in [3.05, 3.63) is 126 Å². The summed E-state index contributed by atoms with van der Waals surface area (Å²) in [5, 5.41) is 8.03. The summed E-state index contributed by atoms with van der Waals surface area (Å²) in [5.41, 5.74) is 3.49. The van der Waals surface area contributed by atoms with Crippen LogP contribution in [0.2, 0.25) is 0 Å². The number of amides is 4. The summed E-state index contributed by atoms with van der Waals surface area (Å²) >= 11 is 0. The molecule has 0 atom stereocenters. The Morgan fingerprint density at radius 3 is 1.81 bits per heavy atom. The number of urea groups is 2. The molecule has 0 aliphatic rings. The van der Waals surface area contributed by atoms with Gasteiger partial charge in [0.1, 0.15) is 0 Å². The average molecular weight is 515 g/mol. The topological polar surface area (TPSA) is 116 Å². The Labute approximate surface area is 215 Å². The van der Waals surface area contributed by atoms with E-state index in [4.69, 9.17) is 0 Å². The average Bonchev–Trinajstić information content (AvgIpc) is 2.89. The Kier molecular flexibility index (Phi) is 7.85. The van der Waals surface area contributed by atoms with Crippen LogP contribution in [0.25, 0.3) is 0 Å². The molecule has 4 rings (SSSR count). The van der Waals surface area contributed by atoms with E-state index in [9.17, 15) is 18.0 Å². The van der Waals surface area contributed by atoms with Crippen LogP contribution in [0.15, 0.2) is 114 Å². The molecule has 4 amide bonds. The highest BCUT2D eigenvalue weighted by Crippen LogP contribution is 2.22. The number of hydrogen-bond acceptors (Lipinski definition) is 4. The first-order valence-electron chi connectivity index (χ1n) is 11.5. The molecule has 0 aliphatic heterocycles. The van der Waals surface area contributed by atoms with Gasteiger partial charge in [0.05, 0.1) is 10.9 Å². The molecule has 0 heterocycles. The molecule has 0 aliphatic carbocycles. The fraction of sp³-hybridized carbons (Fsp3) is 0.0714. The maximum absolute atomic E-state index is 13.0. The van der Waals surface area contributed by atoms with Crippen molar-refractivity contribution in [3.63, 3.8) is 0 Å². The molecule has 9 heteroatoms. The Morgan fingerprint density at radius 2 is 1.22 bits per heavy atom. The molecule has 0 saturated carbocycles. The number of benzene rings is 4. The van der Waals surface area contributed by atoms with Crippen molar-refractivity contribution in [1.82, 2.24) is 10.0 Å². The molecule has 0 spiro atoms. The van der Waals surface area contributed by atoms with Gasteiger partial charge < -0.3 is 16.0 Å². The summed E-state index contributed by atoms with van der Waals surface area (Å²) < 4.78 is 28.0. The maximum Gasteiger partial charge on any atom is 0.329 e. The first-order valence-corrected chi connectivity index (χ1v) is 13.0. The van der Waals surface area contributed by atoms with Gasteiger partial charge in [-0.25, -0.2) is 22.7 Å². The minimum atomic E-state index is -4.23. The van der Waals surface area contributed by atoms with E-state index in [0.29, 0.717) is 5.69 Å². The summed E-state index contributed by atoms with van der Waals surface area (Å²) in [6, 6.07) is 29.4. The summed E-state index contributed by atoms with van der Waals surface area (Å²) in [5.74, 6) is 0. The van der Waals surface area contributed by atoms with Crippen LogP contribution in [-0.2, 0) is 10.0 Å². The van der Waals surface area contributed by atoms with Gasteiger partial charge in [0, 0.05) is 11.4 Å². The highest BCUT2D eigenvalue weighted by Gasteiger charge is 2.22. The van der Waals surface area contributed by atoms with Crippen LogP contribution in [0.3, 0.4) is 0 Å². The van der Waals surface area contributed by atoms with E-state index >= 15 is 0 Å². The van der Waals surface area contributed by atoms with E-state index < -0.39 is 28.1 Å². The molecule has 0 unspecified atom stereocenters. The van der Waals surface area contributed by atoms with Gasteiger partial charge in [-0.15, -0.1) is 0 Å². The van der Waals surface area contributed by atoms with E-state index in [1.54, 1.807) is 18.2 Å². The summed E-state index contributed by atoms with van der Waals surface area (Å²) in [6.07, 6.45) is 0. The predicted octanol–water partition coefficient (Wildman–Crippen LogP) is 5.42. The van der Waals surface area contributed by atoms with E-state index in [2.05, 4.69) is 20.7 Å². The van der Waals surface area contributed by atoms with Crippen LogP contribution in [0.1, 0.15) is 22.7 Å². The third-order valence-corrected chi connectivity index (χ3v) is 6.81. The third kappa shape index (κ3) is 6.96. The van der Waals surface area contributed by atoms with Crippen molar-refractivity contribution in [3.8, 4) is 0 Å². The lowest BCUT2D eigenvalue weighted by atomic mass is 9.99. The van der Waals surface area contributed by atoms with Crippen molar-refractivity contribution < 1.29 is 18.0 Å². The molecule has 0 bridgehead atoms. The van der Waals surface area contributed by atoms with Crippen LogP contribution < -0.4 is 20.7 Å². The summed E-state index contributed by atoms with van der Waals surface area (Å²) in [6.45, 7) is 1.94. The molecule has 4 N–H and O–H groups in total.